The molecule has 25 heavy (non-hydrogen) atoms. The highest BCUT2D eigenvalue weighted by molar-refractivity contribution is 6.30. The summed E-state index contributed by atoms with van der Waals surface area (Å²) in [4.78, 5) is 23.0. The molecule has 2 aromatic rings. The number of aromatic nitrogens is 2. The Morgan fingerprint density at radius 1 is 1.16 bits per heavy atom. The van der Waals surface area contributed by atoms with Gasteiger partial charge < -0.3 is 10.2 Å². The lowest BCUT2D eigenvalue weighted by Crippen LogP contribution is -2.28. The first-order valence-electron chi connectivity index (χ1n) is 8.73. The molecule has 0 saturated carbocycles. The van der Waals surface area contributed by atoms with Crippen LogP contribution in [0.1, 0.15) is 42.6 Å². The van der Waals surface area contributed by atoms with Crippen molar-refractivity contribution in [1.29, 1.82) is 0 Å². The Morgan fingerprint density at radius 3 is 2.44 bits per heavy atom. The molecule has 0 unspecified atom stereocenters. The monoisotopic (exact) mass is 360 g/mol. The lowest BCUT2D eigenvalue weighted by Gasteiger charge is -2.21. The molecule has 0 spiro atoms. The van der Waals surface area contributed by atoms with Crippen LogP contribution in [-0.4, -0.2) is 35.5 Å². The Morgan fingerprint density at radius 2 is 1.84 bits per heavy atom. The summed E-state index contributed by atoms with van der Waals surface area (Å²) in [7, 11) is 0. The summed E-state index contributed by atoms with van der Waals surface area (Å²) in [5, 5.41) is 3.60. The maximum absolute atomic E-state index is 12.2. The van der Waals surface area contributed by atoms with E-state index in [0.29, 0.717) is 23.1 Å². The molecule has 134 valence electrons. The standard InChI is InChI=1S/C19H25ClN4O/c1-3-10-24(11-4-2)19-22-13-16(14-23-19)18(25)21-9-8-15-6-5-7-17(20)12-15/h5-7,12-14H,3-4,8-11H2,1-2H3,(H,21,25). The maximum atomic E-state index is 12.2. The molecule has 1 heterocycles. The van der Waals surface area contributed by atoms with E-state index in [0.717, 1.165) is 37.9 Å². The predicted molar refractivity (Wildman–Crippen MR) is 102 cm³/mol. The summed E-state index contributed by atoms with van der Waals surface area (Å²) in [6, 6.07) is 7.64. The number of rotatable bonds is 9. The van der Waals surface area contributed by atoms with E-state index in [2.05, 4.69) is 34.0 Å². The van der Waals surface area contributed by atoms with E-state index in [-0.39, 0.29) is 5.91 Å². The molecule has 0 aliphatic rings. The highest BCUT2D eigenvalue weighted by atomic mass is 35.5. The van der Waals surface area contributed by atoms with Crippen molar-refractivity contribution in [3.63, 3.8) is 0 Å². The van der Waals surface area contributed by atoms with Crippen molar-refractivity contribution in [3.05, 3.63) is 52.8 Å². The molecule has 0 aliphatic heterocycles. The molecule has 0 bridgehead atoms. The number of amides is 1. The van der Waals surface area contributed by atoms with Gasteiger partial charge in [-0.15, -0.1) is 0 Å². The first kappa shape index (κ1) is 19.2. The molecular formula is C19H25ClN4O. The van der Waals surface area contributed by atoms with E-state index in [1.165, 1.54) is 0 Å². The molecule has 5 nitrogen and oxygen atoms in total. The molecular weight excluding hydrogens is 336 g/mol. The molecule has 0 saturated heterocycles. The van der Waals surface area contributed by atoms with Crippen LogP contribution in [0.4, 0.5) is 5.95 Å². The fourth-order valence-corrected chi connectivity index (χ4v) is 2.78. The van der Waals surface area contributed by atoms with E-state index in [4.69, 9.17) is 11.6 Å². The number of nitrogens with one attached hydrogen (secondary N) is 1. The van der Waals surface area contributed by atoms with Gasteiger partial charge in [0, 0.05) is 37.1 Å². The third-order valence-electron chi connectivity index (χ3n) is 3.76. The summed E-state index contributed by atoms with van der Waals surface area (Å²) >= 11 is 5.96. The highest BCUT2D eigenvalue weighted by Crippen LogP contribution is 2.11. The van der Waals surface area contributed by atoms with Crippen LogP contribution in [-0.2, 0) is 6.42 Å². The maximum Gasteiger partial charge on any atom is 0.254 e. The molecule has 0 atom stereocenters. The smallest absolute Gasteiger partial charge is 0.254 e. The Labute approximate surface area is 154 Å². The molecule has 0 fully saturated rings. The van der Waals surface area contributed by atoms with Gasteiger partial charge in [0.25, 0.3) is 5.91 Å². The van der Waals surface area contributed by atoms with Crippen LogP contribution in [0, 0.1) is 0 Å². The Kier molecular flexibility index (Phi) is 7.67. The number of anilines is 1. The summed E-state index contributed by atoms with van der Waals surface area (Å²) in [5.41, 5.74) is 1.57. The highest BCUT2D eigenvalue weighted by Gasteiger charge is 2.10. The van der Waals surface area contributed by atoms with Crippen molar-refractivity contribution in [2.75, 3.05) is 24.5 Å². The normalized spacial score (nSPS) is 10.5. The van der Waals surface area contributed by atoms with Crippen LogP contribution in [0.2, 0.25) is 5.02 Å². The molecule has 2 rings (SSSR count). The first-order chi connectivity index (χ1) is 12.1. The number of hydrogen-bond acceptors (Lipinski definition) is 4. The Bertz CT molecular complexity index is 669. The molecule has 0 radical (unpaired) electrons. The molecule has 6 heteroatoms. The summed E-state index contributed by atoms with van der Waals surface area (Å²) in [5.74, 6) is 0.519. The zero-order valence-electron chi connectivity index (χ0n) is 14.8. The zero-order chi connectivity index (χ0) is 18.1. The van der Waals surface area contributed by atoms with Crippen molar-refractivity contribution in [3.8, 4) is 0 Å². The van der Waals surface area contributed by atoms with E-state index in [1.807, 2.05) is 24.3 Å². The third kappa shape index (κ3) is 6.02. The number of hydrogen-bond donors (Lipinski definition) is 1. The van der Waals surface area contributed by atoms with Gasteiger partial charge in [0.2, 0.25) is 5.95 Å². The molecule has 0 aliphatic carbocycles. The second kappa shape index (κ2) is 9.99. The number of nitrogens with zero attached hydrogens (tertiary/aromatic N) is 3. The number of carbonyl (C=O) groups excluding carboxylic acids is 1. The number of benzene rings is 1. The van der Waals surface area contributed by atoms with Gasteiger partial charge in [-0.05, 0) is 37.0 Å². The van der Waals surface area contributed by atoms with Crippen molar-refractivity contribution >= 4 is 23.5 Å². The van der Waals surface area contributed by atoms with Gasteiger partial charge in [0.05, 0.1) is 5.56 Å². The molecule has 1 amide bonds. The van der Waals surface area contributed by atoms with Gasteiger partial charge in [-0.25, -0.2) is 9.97 Å². The van der Waals surface area contributed by atoms with Crippen LogP contribution in [0.3, 0.4) is 0 Å². The lowest BCUT2D eigenvalue weighted by atomic mass is 10.1. The van der Waals surface area contributed by atoms with Gasteiger partial charge in [0.15, 0.2) is 0 Å². The van der Waals surface area contributed by atoms with Crippen LogP contribution in [0.5, 0.6) is 0 Å². The van der Waals surface area contributed by atoms with E-state index in [9.17, 15) is 4.79 Å². The van der Waals surface area contributed by atoms with Gasteiger partial charge >= 0.3 is 0 Å². The Hall–Kier alpha value is -2.14. The van der Waals surface area contributed by atoms with Crippen LogP contribution >= 0.6 is 11.6 Å². The van der Waals surface area contributed by atoms with E-state index in [1.54, 1.807) is 12.4 Å². The van der Waals surface area contributed by atoms with Gasteiger partial charge in [-0.2, -0.15) is 0 Å². The van der Waals surface area contributed by atoms with Crippen LogP contribution in [0.15, 0.2) is 36.7 Å². The first-order valence-corrected chi connectivity index (χ1v) is 9.11. The quantitative estimate of drug-likeness (QED) is 0.740. The molecule has 1 aromatic carbocycles. The second-order valence-electron chi connectivity index (χ2n) is 5.89. The minimum atomic E-state index is -0.161. The lowest BCUT2D eigenvalue weighted by molar-refractivity contribution is 0.0953. The zero-order valence-corrected chi connectivity index (χ0v) is 15.6. The average Bonchev–Trinajstić information content (AvgIpc) is 2.62. The summed E-state index contributed by atoms with van der Waals surface area (Å²) in [6.45, 7) is 6.63. The summed E-state index contributed by atoms with van der Waals surface area (Å²) in [6.07, 6.45) is 5.99. The minimum absolute atomic E-state index is 0.161. The third-order valence-corrected chi connectivity index (χ3v) is 3.99. The van der Waals surface area contributed by atoms with Crippen molar-refractivity contribution in [2.24, 2.45) is 0 Å². The Balaban J connectivity index is 1.89. The fourth-order valence-electron chi connectivity index (χ4n) is 2.57. The second-order valence-corrected chi connectivity index (χ2v) is 6.33. The number of carbonyl (C=O) groups is 1. The topological polar surface area (TPSA) is 58.1 Å². The van der Waals surface area contributed by atoms with E-state index < -0.39 is 0 Å². The largest absolute Gasteiger partial charge is 0.352 e. The van der Waals surface area contributed by atoms with Gasteiger partial charge in [-0.3, -0.25) is 4.79 Å². The minimum Gasteiger partial charge on any atom is -0.352 e. The SMILES string of the molecule is CCCN(CCC)c1ncc(C(=O)NCCc2cccc(Cl)c2)cn1. The van der Waals surface area contributed by atoms with Crippen molar-refractivity contribution < 1.29 is 4.79 Å². The van der Waals surface area contributed by atoms with Crippen molar-refractivity contribution in [1.82, 2.24) is 15.3 Å². The molecule has 1 N–H and O–H groups in total. The van der Waals surface area contributed by atoms with Gasteiger partial charge in [0.1, 0.15) is 0 Å². The predicted octanol–water partition coefficient (Wildman–Crippen LogP) is 3.73. The van der Waals surface area contributed by atoms with Crippen LogP contribution < -0.4 is 10.2 Å². The average molecular weight is 361 g/mol. The van der Waals surface area contributed by atoms with Crippen LogP contribution in [0.25, 0.3) is 0 Å². The fraction of sp³-hybridized carbons (Fsp3) is 0.421. The number of halogens is 1. The molecule has 1 aromatic heterocycles. The summed E-state index contributed by atoms with van der Waals surface area (Å²) < 4.78 is 0. The van der Waals surface area contributed by atoms with E-state index >= 15 is 0 Å². The van der Waals surface area contributed by atoms with Gasteiger partial charge in [-0.1, -0.05) is 37.6 Å². The van der Waals surface area contributed by atoms with Crippen molar-refractivity contribution in [2.45, 2.75) is 33.1 Å².